The molecule has 4 aliphatic carbocycles. The highest BCUT2D eigenvalue weighted by atomic mass is 32.2. The lowest BCUT2D eigenvalue weighted by Crippen LogP contribution is -2.48. The lowest BCUT2D eigenvalue weighted by atomic mass is 9.50. The molecule has 4 bridgehead atoms. The molecule has 0 spiro atoms. The Balaban J connectivity index is 1.37. The van der Waals surface area contributed by atoms with Crippen LogP contribution in [0.1, 0.15) is 110 Å². The molecule has 1 aromatic rings. The topological polar surface area (TPSA) is 72.8 Å². The minimum absolute atomic E-state index is 0.0485. The molecule has 4 aliphatic rings. The summed E-state index contributed by atoms with van der Waals surface area (Å²) in [5.41, 5.74) is -0.192. The van der Waals surface area contributed by atoms with Crippen molar-refractivity contribution < 1.29 is 35.6 Å². The lowest BCUT2D eigenvalue weighted by molar-refractivity contribution is -0.0756. The number of rotatable bonds is 16. The number of halogens is 3. The zero-order valence-corrected chi connectivity index (χ0v) is 23.4. The molecule has 1 N–H and O–H groups in total. The average molecular weight is 561 g/mol. The summed E-state index contributed by atoms with van der Waals surface area (Å²) in [6, 6.07) is 0. The van der Waals surface area contributed by atoms with E-state index < -0.39 is 44.0 Å². The van der Waals surface area contributed by atoms with Crippen LogP contribution in [0.15, 0.2) is 4.90 Å². The summed E-state index contributed by atoms with van der Waals surface area (Å²) in [5, 5.41) is 0. The Labute approximate surface area is 225 Å². The van der Waals surface area contributed by atoms with Gasteiger partial charge in [-0.25, -0.2) is 4.39 Å². The lowest BCUT2D eigenvalue weighted by Gasteiger charge is -2.56. The third-order valence-electron chi connectivity index (χ3n) is 8.89. The van der Waals surface area contributed by atoms with E-state index in [1.165, 1.54) is 51.4 Å². The summed E-state index contributed by atoms with van der Waals surface area (Å²) in [4.78, 5) is -1.51. The zero-order chi connectivity index (χ0) is 27.3. The van der Waals surface area contributed by atoms with Crippen LogP contribution in [0, 0.1) is 40.6 Å². The number of unbranched alkanes of at least 4 members (excludes halogenated alkanes) is 9. The van der Waals surface area contributed by atoms with Gasteiger partial charge in [-0.05, 0) is 62.7 Å². The first-order chi connectivity index (χ1) is 18.1. The average Bonchev–Trinajstić information content (AvgIpc) is 2.83. The molecule has 0 aromatic heterocycles. The van der Waals surface area contributed by atoms with Gasteiger partial charge in [0.05, 0.1) is 13.2 Å². The second kappa shape index (κ2) is 12.8. The van der Waals surface area contributed by atoms with Gasteiger partial charge >= 0.3 is 10.1 Å². The Hall–Kier alpha value is -1.48. The zero-order valence-electron chi connectivity index (χ0n) is 22.6. The molecular weight excluding hydrogens is 517 g/mol. The molecule has 0 radical (unpaired) electrons. The van der Waals surface area contributed by atoms with E-state index in [0.29, 0.717) is 24.2 Å². The van der Waals surface area contributed by atoms with Gasteiger partial charge in [0.1, 0.15) is 0 Å². The predicted molar refractivity (Wildman–Crippen MR) is 140 cm³/mol. The molecule has 9 heteroatoms. The number of ether oxygens (including phenoxy) is 2. The van der Waals surface area contributed by atoms with Gasteiger partial charge in [-0.3, -0.25) is 4.55 Å². The van der Waals surface area contributed by atoms with E-state index in [1.54, 1.807) is 0 Å². The van der Waals surface area contributed by atoms with E-state index in [2.05, 4.69) is 6.92 Å². The smallest absolute Gasteiger partial charge is 0.301 e. The fourth-order valence-electron chi connectivity index (χ4n) is 7.54. The monoisotopic (exact) mass is 560 g/mol. The van der Waals surface area contributed by atoms with Gasteiger partial charge in [0.15, 0.2) is 22.2 Å². The summed E-state index contributed by atoms with van der Waals surface area (Å²) >= 11 is 0. The van der Waals surface area contributed by atoms with Crippen molar-refractivity contribution in [2.45, 2.75) is 115 Å². The largest absolute Gasteiger partial charge is 0.489 e. The predicted octanol–water partition coefficient (Wildman–Crippen LogP) is 8.25. The van der Waals surface area contributed by atoms with E-state index in [0.717, 1.165) is 44.9 Å². The first-order valence-electron chi connectivity index (χ1n) is 14.6. The maximum Gasteiger partial charge on any atom is 0.301 e. The molecule has 0 aliphatic heterocycles. The SMILES string of the molecule is CCCCCCCCCCCCOc1c(F)c(OCC23CC4CC(CC(C4)C2)C3)c(F)c(F)c1S(=O)(=O)O. The summed E-state index contributed by atoms with van der Waals surface area (Å²) in [7, 11) is -5.28. The molecule has 5 rings (SSSR count). The molecule has 4 fully saturated rings. The van der Waals surface area contributed by atoms with Gasteiger partial charge < -0.3 is 9.47 Å². The summed E-state index contributed by atoms with van der Waals surface area (Å²) < 4.78 is 89.3. The van der Waals surface area contributed by atoms with E-state index >= 15 is 4.39 Å². The molecule has 38 heavy (non-hydrogen) atoms. The molecule has 4 saturated carbocycles. The van der Waals surface area contributed by atoms with Crippen LogP contribution in [0.25, 0.3) is 0 Å². The van der Waals surface area contributed by atoms with Crippen LogP contribution in [-0.4, -0.2) is 26.2 Å². The van der Waals surface area contributed by atoms with Crippen LogP contribution < -0.4 is 9.47 Å². The summed E-state index contributed by atoms with van der Waals surface area (Å²) in [6.07, 6.45) is 16.9. The standard InChI is InChI=1S/C29H43F3O5S/c1-2-3-4-5-6-7-8-9-10-11-12-36-27-25(32)26(23(30)24(31)28(27)38(33,34)35)37-19-29-16-20-13-21(17-29)15-22(14-20)18-29/h20-22H,2-19H2,1H3,(H,33,34,35). The first-order valence-corrected chi connectivity index (χ1v) is 16.0. The second-order valence-corrected chi connectivity index (χ2v) is 13.5. The quantitative estimate of drug-likeness (QED) is 0.125. The van der Waals surface area contributed by atoms with Crippen molar-refractivity contribution in [2.24, 2.45) is 23.2 Å². The van der Waals surface area contributed by atoms with E-state index in [-0.39, 0.29) is 18.6 Å². The van der Waals surface area contributed by atoms with Gasteiger partial charge in [-0.2, -0.15) is 17.2 Å². The minimum atomic E-state index is -5.28. The van der Waals surface area contributed by atoms with Crippen molar-refractivity contribution in [2.75, 3.05) is 13.2 Å². The molecule has 1 aromatic carbocycles. The fourth-order valence-corrected chi connectivity index (χ4v) is 8.24. The van der Waals surface area contributed by atoms with Crippen molar-refractivity contribution >= 4 is 10.1 Å². The van der Waals surface area contributed by atoms with Crippen molar-refractivity contribution in [3.05, 3.63) is 17.5 Å². The van der Waals surface area contributed by atoms with E-state index in [1.807, 2.05) is 0 Å². The van der Waals surface area contributed by atoms with Crippen LogP contribution >= 0.6 is 0 Å². The number of hydrogen-bond donors (Lipinski definition) is 1. The van der Waals surface area contributed by atoms with Crippen LogP contribution in [0.4, 0.5) is 13.2 Å². The Morgan fingerprint density at radius 2 is 1.24 bits per heavy atom. The summed E-state index contributed by atoms with van der Waals surface area (Å²) in [5.74, 6) is -5.26. The normalized spacial score (nSPS) is 26.2. The van der Waals surface area contributed by atoms with Crippen molar-refractivity contribution in [3.8, 4) is 11.5 Å². The second-order valence-electron chi connectivity index (χ2n) is 12.1. The third-order valence-corrected chi connectivity index (χ3v) is 9.77. The van der Waals surface area contributed by atoms with Gasteiger partial charge in [0.25, 0.3) is 0 Å². The molecule has 0 amide bonds. The molecule has 5 nitrogen and oxygen atoms in total. The van der Waals surface area contributed by atoms with Crippen LogP contribution in [0.2, 0.25) is 0 Å². The molecule has 0 saturated heterocycles. The van der Waals surface area contributed by atoms with Crippen molar-refractivity contribution in [1.82, 2.24) is 0 Å². The van der Waals surface area contributed by atoms with Gasteiger partial charge in [-0.15, -0.1) is 0 Å². The fraction of sp³-hybridized carbons (Fsp3) is 0.793. The van der Waals surface area contributed by atoms with Crippen LogP contribution in [0.3, 0.4) is 0 Å². The van der Waals surface area contributed by atoms with Crippen molar-refractivity contribution in [3.63, 3.8) is 0 Å². The highest BCUT2D eigenvalue weighted by Crippen LogP contribution is 2.60. The number of hydrogen-bond acceptors (Lipinski definition) is 4. The Morgan fingerprint density at radius 3 is 1.74 bits per heavy atom. The highest BCUT2D eigenvalue weighted by molar-refractivity contribution is 7.86. The van der Waals surface area contributed by atoms with Crippen molar-refractivity contribution in [1.29, 1.82) is 0 Å². The molecule has 0 atom stereocenters. The molecular formula is C29H43F3O5S. The molecule has 216 valence electrons. The Kier molecular flexibility index (Phi) is 9.93. The Bertz CT molecular complexity index is 1020. The maximum atomic E-state index is 15.4. The van der Waals surface area contributed by atoms with Crippen LogP contribution in [-0.2, 0) is 10.1 Å². The number of benzene rings is 1. The van der Waals surface area contributed by atoms with Crippen LogP contribution in [0.5, 0.6) is 11.5 Å². The first kappa shape index (κ1) is 29.5. The minimum Gasteiger partial charge on any atom is -0.489 e. The summed E-state index contributed by atoms with van der Waals surface area (Å²) in [6.45, 7) is 2.15. The molecule has 0 unspecified atom stereocenters. The van der Waals surface area contributed by atoms with Gasteiger partial charge in [0, 0.05) is 5.41 Å². The Morgan fingerprint density at radius 1 is 0.737 bits per heavy atom. The van der Waals surface area contributed by atoms with Gasteiger partial charge in [0.2, 0.25) is 11.6 Å². The van der Waals surface area contributed by atoms with Gasteiger partial charge in [-0.1, -0.05) is 64.7 Å². The van der Waals surface area contributed by atoms with E-state index in [9.17, 15) is 21.8 Å². The van der Waals surface area contributed by atoms with E-state index in [4.69, 9.17) is 9.47 Å². The highest BCUT2D eigenvalue weighted by Gasteiger charge is 2.51. The molecule has 0 heterocycles. The maximum absolute atomic E-state index is 15.4. The third kappa shape index (κ3) is 6.98.